The topological polar surface area (TPSA) is 0 Å². The molecule has 8 rings (SSSR count). The number of rotatable bonds is 7. The van der Waals surface area contributed by atoms with E-state index >= 15 is 0 Å². The molecule has 0 nitrogen and oxygen atoms in total. The SMILES string of the molecule is CCC1=Cc2c(-c3scc4ccccc34)cccc2[CH]1[Zr]([Cl])([Cl])([CH]1C(CC)=Cc2c(-c3scc4ccccc34)cccc21)[SiH](C)C. The van der Waals surface area contributed by atoms with Crippen molar-refractivity contribution in [1.29, 1.82) is 0 Å². The Morgan fingerprint density at radius 1 is 0.609 bits per heavy atom. The van der Waals surface area contributed by atoms with E-state index in [1.54, 1.807) is 0 Å². The Bertz CT molecular complexity index is 2090. The molecule has 2 aliphatic rings. The van der Waals surface area contributed by atoms with Crippen LogP contribution >= 0.6 is 39.7 Å². The van der Waals surface area contributed by atoms with Crippen molar-refractivity contribution in [2.45, 2.75) is 47.0 Å². The second-order valence-corrected chi connectivity index (χ2v) is 57.6. The molecule has 46 heavy (non-hydrogen) atoms. The predicted octanol–water partition coefficient (Wildman–Crippen LogP) is 13.8. The van der Waals surface area contributed by atoms with Crippen LogP contribution in [0.1, 0.15) is 56.2 Å². The maximum absolute atomic E-state index is 8.65. The predicted molar refractivity (Wildman–Crippen MR) is 207 cm³/mol. The van der Waals surface area contributed by atoms with Crippen molar-refractivity contribution >= 4 is 79.3 Å². The van der Waals surface area contributed by atoms with E-state index in [9.17, 15) is 0 Å². The van der Waals surface area contributed by atoms with Crippen LogP contribution in [0.3, 0.4) is 0 Å². The van der Waals surface area contributed by atoms with E-state index in [2.05, 4.69) is 135 Å². The molecule has 0 saturated carbocycles. The van der Waals surface area contributed by atoms with Crippen LogP contribution in [0.15, 0.2) is 107 Å². The molecule has 2 aromatic heterocycles. The molecule has 6 aromatic rings. The molecule has 2 aliphatic carbocycles. The zero-order chi connectivity index (χ0) is 31.8. The van der Waals surface area contributed by atoms with E-state index in [4.69, 9.17) is 17.0 Å². The molecule has 4 aromatic carbocycles. The van der Waals surface area contributed by atoms with Gasteiger partial charge >= 0.3 is 292 Å². The van der Waals surface area contributed by atoms with Gasteiger partial charge in [-0.1, -0.05) is 0 Å². The van der Waals surface area contributed by atoms with E-state index in [0.29, 0.717) is 0 Å². The van der Waals surface area contributed by atoms with Crippen LogP contribution in [0, 0.1) is 0 Å². The Balaban J connectivity index is 1.34. The number of halogens is 2. The summed E-state index contributed by atoms with van der Waals surface area (Å²) in [6, 6.07) is 31.4. The number of allylic oxidation sites excluding steroid dienone is 2. The van der Waals surface area contributed by atoms with Crippen molar-refractivity contribution in [2.24, 2.45) is 0 Å². The fourth-order valence-electron chi connectivity index (χ4n) is 8.48. The average molecular weight is 772 g/mol. The van der Waals surface area contributed by atoms with Crippen molar-refractivity contribution in [3.63, 3.8) is 0 Å². The third-order valence-corrected chi connectivity index (χ3v) is 64.8. The van der Waals surface area contributed by atoms with Gasteiger partial charge in [0.2, 0.25) is 0 Å². The zero-order valence-corrected chi connectivity index (χ0v) is 33.4. The van der Waals surface area contributed by atoms with Crippen molar-refractivity contribution in [3.05, 3.63) is 129 Å². The molecule has 0 N–H and O–H groups in total. The van der Waals surface area contributed by atoms with E-state index in [-0.39, 0.29) is 7.25 Å². The summed E-state index contributed by atoms with van der Waals surface area (Å²) in [6.07, 6.45) is 6.89. The van der Waals surface area contributed by atoms with Crippen LogP contribution in [0.4, 0.5) is 0 Å². The van der Waals surface area contributed by atoms with Gasteiger partial charge in [-0.15, -0.1) is 0 Å². The van der Waals surface area contributed by atoms with Crippen LogP contribution in [0.25, 0.3) is 54.6 Å². The molecule has 0 radical (unpaired) electrons. The normalized spacial score (nSPS) is 18.5. The first-order valence-electron chi connectivity index (χ1n) is 16.4. The Hall–Kier alpha value is -2.04. The second-order valence-electron chi connectivity index (χ2n) is 13.3. The molecule has 2 unspecified atom stereocenters. The molecule has 2 atom stereocenters. The van der Waals surface area contributed by atoms with Gasteiger partial charge in [0.15, 0.2) is 0 Å². The van der Waals surface area contributed by atoms with Crippen molar-refractivity contribution in [2.75, 3.05) is 0 Å². The second kappa shape index (κ2) is 11.5. The molecule has 0 amide bonds. The Kier molecular flexibility index (Phi) is 7.84. The first-order chi connectivity index (χ1) is 22.3. The Morgan fingerprint density at radius 2 is 1.04 bits per heavy atom. The summed E-state index contributed by atoms with van der Waals surface area (Å²) in [5.41, 5.74) is 10.9. The van der Waals surface area contributed by atoms with Crippen molar-refractivity contribution in [1.82, 2.24) is 0 Å². The first kappa shape index (κ1) is 31.2. The minimum atomic E-state index is -4.80. The summed E-state index contributed by atoms with van der Waals surface area (Å²) < 4.78 is 0.222. The summed E-state index contributed by atoms with van der Waals surface area (Å²) in [6.45, 7) is 9.51. The quantitative estimate of drug-likeness (QED) is 0.142. The number of benzene rings is 4. The van der Waals surface area contributed by atoms with Crippen LogP contribution in [-0.2, 0) is 15.6 Å². The molecule has 0 spiro atoms. The van der Waals surface area contributed by atoms with Gasteiger partial charge in [-0.25, -0.2) is 0 Å². The summed E-state index contributed by atoms with van der Waals surface area (Å²) in [7, 11) is 17.3. The summed E-state index contributed by atoms with van der Waals surface area (Å²) in [5.74, 6) is -1.62. The van der Waals surface area contributed by atoms with Gasteiger partial charge in [-0.05, 0) is 0 Å². The van der Waals surface area contributed by atoms with Gasteiger partial charge < -0.3 is 0 Å². The maximum atomic E-state index is 8.65. The van der Waals surface area contributed by atoms with Crippen LogP contribution in [0.5, 0.6) is 0 Å². The molecule has 6 heteroatoms. The van der Waals surface area contributed by atoms with E-state index < -0.39 is 21.5 Å². The molecule has 0 fully saturated rings. The summed E-state index contributed by atoms with van der Waals surface area (Å²) >= 11 is -1.10. The number of hydrogen-bond acceptors (Lipinski definition) is 2. The molecule has 2 heterocycles. The Morgan fingerprint density at radius 3 is 1.46 bits per heavy atom. The van der Waals surface area contributed by atoms with Gasteiger partial charge in [0.05, 0.1) is 0 Å². The molecular formula is C40H37Cl2S2SiZr. The van der Waals surface area contributed by atoms with Crippen molar-refractivity contribution < 1.29 is 15.6 Å². The van der Waals surface area contributed by atoms with Crippen LogP contribution in [-0.4, -0.2) is 5.92 Å². The number of thiophene rings is 2. The third-order valence-electron chi connectivity index (χ3n) is 10.8. The summed E-state index contributed by atoms with van der Waals surface area (Å²) in [4.78, 5) is 2.68. The van der Waals surface area contributed by atoms with Crippen molar-refractivity contribution in [3.8, 4) is 20.9 Å². The average Bonchev–Trinajstić information content (AvgIpc) is 3.86. The standard InChI is InChI=1S/2C19H15S.C2H7Si.2ClH.Zr/c2*1-2-13-10-14-7-5-9-17(18(14)11-13)19-16-8-4-3-6-15(16)12-20-19;1-3-2;;;/h2*3-12H,2H2,1H3;3H,1-2H3;2*1H;/q;;;;;+2/p-2. The minimum absolute atomic E-state index is 0.111. The van der Waals surface area contributed by atoms with E-state index in [1.807, 2.05) is 22.7 Å². The van der Waals surface area contributed by atoms with Crippen LogP contribution in [0.2, 0.25) is 13.1 Å². The third kappa shape index (κ3) is 4.44. The molecule has 0 saturated heterocycles. The van der Waals surface area contributed by atoms with Gasteiger partial charge in [0.25, 0.3) is 0 Å². The molecule has 0 bridgehead atoms. The monoisotopic (exact) mass is 769 g/mol. The number of fused-ring (bicyclic) bond motifs is 4. The molecule has 231 valence electrons. The van der Waals surface area contributed by atoms with Gasteiger partial charge in [0.1, 0.15) is 0 Å². The Labute approximate surface area is 289 Å². The first-order valence-corrected chi connectivity index (χ1v) is 34.5. The van der Waals surface area contributed by atoms with E-state index in [1.165, 1.54) is 75.8 Å². The van der Waals surface area contributed by atoms with Gasteiger partial charge in [0, 0.05) is 0 Å². The fraction of sp³-hybridized carbons (Fsp3) is 0.200. The van der Waals surface area contributed by atoms with Gasteiger partial charge in [-0.2, -0.15) is 0 Å². The van der Waals surface area contributed by atoms with Gasteiger partial charge in [-0.3, -0.25) is 0 Å². The zero-order valence-electron chi connectivity index (χ0n) is 26.6. The number of hydrogen-bond donors (Lipinski definition) is 0. The molecule has 0 aliphatic heterocycles. The van der Waals surface area contributed by atoms with Crippen LogP contribution < -0.4 is 0 Å². The van der Waals surface area contributed by atoms with E-state index in [0.717, 1.165) is 12.8 Å². The summed E-state index contributed by atoms with van der Waals surface area (Å²) in [5, 5.41) is 9.84. The molecular weight excluding hydrogens is 735 g/mol. The fourth-order valence-corrected chi connectivity index (χ4v) is 42.4.